The van der Waals surface area contributed by atoms with Gasteiger partial charge in [-0.3, -0.25) is 19.1 Å². The number of nitrogens with zero attached hydrogens (tertiary/aromatic N) is 2. The van der Waals surface area contributed by atoms with E-state index >= 15 is 0 Å². The number of thiocarbonyl (C=S) groups is 1. The van der Waals surface area contributed by atoms with Crippen LogP contribution in [0.15, 0.2) is 47.3 Å². The van der Waals surface area contributed by atoms with E-state index in [2.05, 4.69) is 24.3 Å². The summed E-state index contributed by atoms with van der Waals surface area (Å²) in [6, 6.07) is 14.7. The smallest absolute Gasteiger partial charge is 0.269 e. The van der Waals surface area contributed by atoms with Crippen LogP contribution in [0.3, 0.4) is 0 Å². The number of thiazole rings is 1. The molecule has 0 saturated carbocycles. The zero-order chi connectivity index (χ0) is 22.4. The Bertz CT molecular complexity index is 1510. The molecule has 4 aromatic rings. The van der Waals surface area contributed by atoms with Crippen LogP contribution < -0.4 is 14.8 Å². The van der Waals surface area contributed by atoms with Crippen LogP contribution in [0.5, 0.6) is 0 Å². The monoisotopic (exact) mass is 514 g/mol. The lowest BCUT2D eigenvalue weighted by Crippen LogP contribution is -2.33. The zero-order valence-corrected chi connectivity index (χ0v) is 21.4. The maximum atomic E-state index is 13.1. The van der Waals surface area contributed by atoms with Crippen LogP contribution in [0.25, 0.3) is 30.8 Å². The molecule has 3 aromatic heterocycles. The topological polar surface area (TPSA) is 42.3 Å². The molecular formula is C23H18N2O2S5. The van der Waals surface area contributed by atoms with Gasteiger partial charge in [-0.1, -0.05) is 54.3 Å². The highest BCUT2D eigenvalue weighted by atomic mass is 32.2. The predicted molar refractivity (Wildman–Crippen MR) is 143 cm³/mol. The highest BCUT2D eigenvalue weighted by Crippen LogP contribution is 2.38. The molecule has 4 heterocycles. The number of carbonyl (C=O) groups excluding carboxylic acids is 1. The first-order valence-electron chi connectivity index (χ1n) is 10.1. The number of fused-ring (bicyclic) bond motifs is 1. The highest BCUT2D eigenvalue weighted by molar-refractivity contribution is 8.30. The third-order valence-corrected chi connectivity index (χ3v) is 10.1. The Hall–Kier alpha value is -2.04. The van der Waals surface area contributed by atoms with Crippen LogP contribution in [0, 0.1) is 0 Å². The van der Waals surface area contributed by atoms with Gasteiger partial charge >= 0.3 is 0 Å². The fraction of sp³-hybridized carbons (Fsp3) is 0.174. The summed E-state index contributed by atoms with van der Waals surface area (Å²) in [4.78, 5) is 30.3. The largest absolute Gasteiger partial charge is 0.298 e. The molecule has 0 unspecified atom stereocenters. The number of thioether (sulfide) groups is 1. The minimum atomic E-state index is -0.109. The minimum Gasteiger partial charge on any atom is -0.298 e. The number of carbonyl (C=O) groups is 1. The SMILES string of the molecule is CCN1C(=O)/C(=c2\s/c(=C/c3cc4sc(-c5ccccc5)cc4s3)c(=O)n2CC)SC1=S. The molecule has 4 nitrogen and oxygen atoms in total. The summed E-state index contributed by atoms with van der Waals surface area (Å²) in [7, 11) is 0. The van der Waals surface area contributed by atoms with Gasteiger partial charge in [0, 0.05) is 32.2 Å². The quantitative estimate of drug-likeness (QED) is 0.371. The van der Waals surface area contributed by atoms with Gasteiger partial charge in [0.2, 0.25) is 0 Å². The molecule has 1 saturated heterocycles. The molecule has 0 bridgehead atoms. The standard InChI is InChI=1S/C23H18N2O2S5/c1-3-24-20(26)18(31-22(24)19-21(27)25(4-2)23(28)32-19)11-14-10-16-17(29-14)12-15(30-16)13-8-6-5-7-9-13/h5-12H,3-4H2,1-2H3/b18-11+,22-19+. The van der Waals surface area contributed by atoms with Gasteiger partial charge in [0.25, 0.3) is 11.5 Å². The van der Waals surface area contributed by atoms with E-state index in [0.29, 0.717) is 31.5 Å². The van der Waals surface area contributed by atoms with Crippen molar-refractivity contribution in [1.29, 1.82) is 0 Å². The zero-order valence-electron chi connectivity index (χ0n) is 17.3. The normalized spacial score (nSPS) is 16.7. The Kier molecular flexibility index (Phi) is 5.94. The second-order valence-electron chi connectivity index (χ2n) is 7.07. The number of rotatable bonds is 4. The number of benzene rings is 1. The van der Waals surface area contributed by atoms with E-state index in [9.17, 15) is 9.59 Å². The molecule has 1 aromatic carbocycles. The van der Waals surface area contributed by atoms with Crippen LogP contribution in [0.2, 0.25) is 0 Å². The number of aromatic nitrogens is 1. The number of hydrogen-bond acceptors (Lipinski definition) is 7. The second kappa shape index (κ2) is 8.72. The fourth-order valence-electron chi connectivity index (χ4n) is 3.57. The molecule has 9 heteroatoms. The van der Waals surface area contributed by atoms with E-state index in [-0.39, 0.29) is 11.5 Å². The van der Waals surface area contributed by atoms with Crippen molar-refractivity contribution < 1.29 is 4.79 Å². The number of hydrogen-bond donors (Lipinski definition) is 0. The van der Waals surface area contributed by atoms with Gasteiger partial charge in [-0.25, -0.2) is 0 Å². The molecule has 1 fully saturated rings. The van der Waals surface area contributed by atoms with Crippen molar-refractivity contribution in [1.82, 2.24) is 9.47 Å². The molecule has 0 atom stereocenters. The molecule has 5 rings (SSSR count). The van der Waals surface area contributed by atoms with E-state index < -0.39 is 0 Å². The lowest BCUT2D eigenvalue weighted by molar-refractivity contribution is -0.120. The third-order valence-electron chi connectivity index (χ3n) is 5.14. The average molecular weight is 515 g/mol. The summed E-state index contributed by atoms with van der Waals surface area (Å²) in [5, 5.41) is 0. The molecule has 0 spiro atoms. The third kappa shape index (κ3) is 3.72. The Morgan fingerprint density at radius 1 is 0.969 bits per heavy atom. The molecule has 1 aliphatic heterocycles. The van der Waals surface area contributed by atoms with E-state index in [4.69, 9.17) is 12.2 Å². The number of amides is 1. The van der Waals surface area contributed by atoms with Gasteiger partial charge in [0.1, 0.15) is 13.9 Å². The van der Waals surface area contributed by atoms with E-state index in [1.54, 1.807) is 32.1 Å². The molecule has 1 amide bonds. The van der Waals surface area contributed by atoms with Gasteiger partial charge < -0.3 is 0 Å². The Morgan fingerprint density at radius 2 is 1.72 bits per heavy atom. The molecule has 0 aliphatic carbocycles. The summed E-state index contributed by atoms with van der Waals surface area (Å²) >= 11 is 11.5. The summed E-state index contributed by atoms with van der Waals surface area (Å²) in [5.41, 5.74) is 1.16. The minimum absolute atomic E-state index is 0.0593. The van der Waals surface area contributed by atoms with E-state index in [1.165, 1.54) is 42.9 Å². The van der Waals surface area contributed by atoms with Crippen molar-refractivity contribution >= 4 is 88.6 Å². The van der Waals surface area contributed by atoms with Crippen LogP contribution in [-0.2, 0) is 11.3 Å². The van der Waals surface area contributed by atoms with Crippen LogP contribution in [0.4, 0.5) is 0 Å². The molecule has 0 N–H and O–H groups in total. The van der Waals surface area contributed by atoms with E-state index in [0.717, 1.165) is 4.88 Å². The molecule has 1 aliphatic rings. The lowest BCUT2D eigenvalue weighted by Gasteiger charge is -2.09. The number of thiophene rings is 2. The van der Waals surface area contributed by atoms with Gasteiger partial charge in [-0.15, -0.1) is 34.0 Å². The van der Waals surface area contributed by atoms with Crippen molar-refractivity contribution in [3.8, 4) is 10.4 Å². The summed E-state index contributed by atoms with van der Waals surface area (Å²) in [6.07, 6.45) is 1.95. The van der Waals surface area contributed by atoms with E-state index in [1.807, 2.05) is 38.1 Å². The van der Waals surface area contributed by atoms with Crippen LogP contribution in [-0.4, -0.2) is 26.2 Å². The summed E-state index contributed by atoms with van der Waals surface area (Å²) in [6.45, 7) is 4.87. The van der Waals surface area contributed by atoms with Crippen molar-refractivity contribution in [2.75, 3.05) is 6.54 Å². The molecule has 32 heavy (non-hydrogen) atoms. The first kappa shape index (κ1) is 21.8. The van der Waals surface area contributed by atoms with Crippen molar-refractivity contribution in [3.63, 3.8) is 0 Å². The Morgan fingerprint density at radius 3 is 2.38 bits per heavy atom. The van der Waals surface area contributed by atoms with Gasteiger partial charge in [0.05, 0.1) is 4.53 Å². The lowest BCUT2D eigenvalue weighted by atomic mass is 10.2. The van der Waals surface area contributed by atoms with Crippen LogP contribution in [0.1, 0.15) is 18.7 Å². The second-order valence-corrected chi connectivity index (χ2v) is 11.9. The van der Waals surface area contributed by atoms with Crippen molar-refractivity contribution in [3.05, 3.63) is 66.9 Å². The predicted octanol–water partition coefficient (Wildman–Crippen LogP) is 4.69. The highest BCUT2D eigenvalue weighted by Gasteiger charge is 2.32. The van der Waals surface area contributed by atoms with Gasteiger partial charge in [-0.2, -0.15) is 0 Å². The summed E-state index contributed by atoms with van der Waals surface area (Å²) < 4.78 is 6.00. The first-order valence-corrected chi connectivity index (χ1v) is 13.8. The maximum absolute atomic E-state index is 13.1. The van der Waals surface area contributed by atoms with Crippen molar-refractivity contribution in [2.24, 2.45) is 0 Å². The van der Waals surface area contributed by atoms with Crippen LogP contribution >= 0.6 is 58.0 Å². The summed E-state index contributed by atoms with van der Waals surface area (Å²) in [5.74, 6) is -0.109. The molecule has 0 radical (unpaired) electrons. The van der Waals surface area contributed by atoms with Gasteiger partial charge in [0.15, 0.2) is 0 Å². The van der Waals surface area contributed by atoms with Crippen molar-refractivity contribution in [2.45, 2.75) is 20.4 Å². The first-order chi connectivity index (χ1) is 15.5. The average Bonchev–Trinajstić information content (AvgIpc) is 3.50. The molecule has 162 valence electrons. The van der Waals surface area contributed by atoms with Gasteiger partial charge in [-0.05, 0) is 37.6 Å². The maximum Gasteiger partial charge on any atom is 0.269 e. The fourth-order valence-corrected chi connectivity index (χ4v) is 8.70. The molecular weight excluding hydrogens is 497 g/mol. The Balaban J connectivity index is 1.59. The Labute approximate surface area is 206 Å².